The molecule has 0 aliphatic heterocycles. The molecule has 142 valence electrons. The summed E-state index contributed by atoms with van der Waals surface area (Å²) in [5, 5.41) is 7.64. The average Bonchev–Trinajstić information content (AvgIpc) is 2.41. The van der Waals surface area contributed by atoms with Gasteiger partial charge < -0.3 is 0 Å². The van der Waals surface area contributed by atoms with Gasteiger partial charge in [0.25, 0.3) is 0 Å². The number of hydrogen-bond donors (Lipinski definition) is 2. The maximum atomic E-state index is 13.6. The Balaban J connectivity index is 3.48. The lowest BCUT2D eigenvalue weighted by molar-refractivity contribution is -0.279. The molecule has 25 heavy (non-hydrogen) atoms. The molecule has 0 saturated heterocycles. The number of hydrogen-bond acceptors (Lipinski definition) is 3. The number of aliphatic imine (C=N–C) groups is 1. The molecule has 1 aromatic rings. The zero-order chi connectivity index (χ0) is 19.8. The molecule has 0 unspecified atom stereocenters. The van der Waals surface area contributed by atoms with E-state index >= 15 is 0 Å². The predicted octanol–water partition coefficient (Wildman–Crippen LogP) is 4.69. The predicted molar refractivity (Wildman–Crippen MR) is 66.8 cm³/mol. The normalized spacial score (nSPS) is 14.6. The Morgan fingerprint density at radius 2 is 1.60 bits per heavy atom. The minimum Gasteiger partial charge on any atom is -0.290 e. The molecule has 2 N–H and O–H groups in total. The van der Waals surface area contributed by atoms with Crippen molar-refractivity contribution in [2.24, 2.45) is 4.99 Å². The van der Waals surface area contributed by atoms with Crippen molar-refractivity contribution >= 4 is 23.1 Å². The van der Waals surface area contributed by atoms with E-state index < -0.39 is 53.2 Å². The highest BCUT2D eigenvalue weighted by molar-refractivity contribution is 6.29. The molecule has 1 heterocycles. The molecule has 0 saturated carbocycles. The number of amidine groups is 1. The smallest absolute Gasteiger partial charge is 0.290 e. The van der Waals surface area contributed by atoms with Crippen LogP contribution in [0.1, 0.15) is 12.6 Å². The van der Waals surface area contributed by atoms with Gasteiger partial charge in [0.2, 0.25) is 5.84 Å². The van der Waals surface area contributed by atoms with Crippen LogP contribution in [-0.2, 0) is 6.18 Å². The third-order valence-corrected chi connectivity index (χ3v) is 2.85. The minimum absolute atomic E-state index is 0.0293. The van der Waals surface area contributed by atoms with E-state index in [9.17, 15) is 39.5 Å². The maximum absolute atomic E-state index is 13.6. The van der Waals surface area contributed by atoms with E-state index in [2.05, 4.69) is 9.98 Å². The Bertz CT molecular complexity index is 670. The minimum atomic E-state index is -6.03. The van der Waals surface area contributed by atoms with Gasteiger partial charge >= 0.3 is 23.9 Å². The fourth-order valence-corrected chi connectivity index (χ4v) is 1.61. The number of rotatable bonds is 4. The fourth-order valence-electron chi connectivity index (χ4n) is 1.41. The van der Waals surface area contributed by atoms with Gasteiger partial charge in [-0.15, -0.1) is 0 Å². The van der Waals surface area contributed by atoms with Crippen LogP contribution in [0, 0.1) is 0 Å². The van der Waals surface area contributed by atoms with E-state index in [0.29, 0.717) is 11.5 Å². The second-order valence-corrected chi connectivity index (χ2v) is 5.03. The van der Waals surface area contributed by atoms with Crippen LogP contribution in [0.3, 0.4) is 0 Å². The summed E-state index contributed by atoms with van der Waals surface area (Å²) in [6.45, 7) is -0.513. The van der Waals surface area contributed by atoms with Gasteiger partial charge in [0.15, 0.2) is 0 Å². The topological polar surface area (TPSA) is 57.5 Å². The molecule has 0 aliphatic carbocycles. The lowest BCUT2D eigenvalue weighted by Crippen LogP contribution is -2.59. The molecule has 1 rings (SSSR count). The first-order valence-electron chi connectivity index (χ1n) is 5.91. The molecular weight excluding hydrogens is 397 g/mol. The van der Waals surface area contributed by atoms with Crippen LogP contribution in [0.5, 0.6) is 0 Å². The molecule has 4 nitrogen and oxygen atoms in total. The first kappa shape index (κ1) is 21.3. The third-order valence-electron chi connectivity index (χ3n) is 2.66. The van der Waals surface area contributed by atoms with E-state index in [0.717, 1.165) is 0 Å². The Labute approximate surface area is 138 Å². The lowest BCUT2D eigenvalue weighted by atomic mass is 10.1. The molecular formula is C11H7ClF9N3O. The van der Waals surface area contributed by atoms with Crippen LogP contribution in [0.25, 0.3) is 0 Å². The van der Waals surface area contributed by atoms with E-state index in [1.54, 1.807) is 0 Å². The van der Waals surface area contributed by atoms with Crippen molar-refractivity contribution in [3.63, 3.8) is 0 Å². The fraction of sp³-hybridized carbons (Fsp3) is 0.455. The van der Waals surface area contributed by atoms with Crippen molar-refractivity contribution in [1.82, 2.24) is 10.5 Å². The maximum Gasteiger partial charge on any atom is 0.433 e. The van der Waals surface area contributed by atoms with Gasteiger partial charge in [-0.3, -0.25) is 10.7 Å². The first-order valence-corrected chi connectivity index (χ1v) is 6.29. The second kappa shape index (κ2) is 6.52. The van der Waals surface area contributed by atoms with Crippen LogP contribution in [-0.4, -0.2) is 33.8 Å². The zero-order valence-corrected chi connectivity index (χ0v) is 12.5. The molecule has 0 bridgehead atoms. The highest BCUT2D eigenvalue weighted by Gasteiger charge is 2.71. The number of hydroxylamine groups is 1. The van der Waals surface area contributed by atoms with Crippen molar-refractivity contribution in [3.05, 3.63) is 23.0 Å². The Hall–Kier alpha value is -1.76. The number of pyridine rings is 1. The number of alkyl halides is 9. The number of aromatic nitrogens is 1. The second-order valence-electron chi connectivity index (χ2n) is 4.64. The van der Waals surface area contributed by atoms with Gasteiger partial charge in [-0.2, -0.15) is 39.5 Å². The van der Waals surface area contributed by atoms with Gasteiger partial charge in [-0.25, -0.2) is 9.98 Å². The average molecular weight is 404 g/mol. The molecule has 0 spiro atoms. The van der Waals surface area contributed by atoms with Gasteiger partial charge in [0.1, 0.15) is 10.8 Å². The van der Waals surface area contributed by atoms with Crippen LogP contribution in [0.4, 0.5) is 45.2 Å². The lowest BCUT2D eigenvalue weighted by Gasteiger charge is -2.30. The SMILES string of the molecule is CC(F)(F)C(F)(F)C(F)(F)C(=Nc1cc(Cl)nc(C(F)(F)F)c1)NO. The highest BCUT2D eigenvalue weighted by atomic mass is 35.5. The van der Waals surface area contributed by atoms with Gasteiger partial charge in [0.05, 0.1) is 5.69 Å². The Kier molecular flexibility index (Phi) is 5.55. The van der Waals surface area contributed by atoms with Crippen LogP contribution in [0.2, 0.25) is 5.15 Å². The summed E-state index contributed by atoms with van der Waals surface area (Å²) >= 11 is 5.24. The third kappa shape index (κ3) is 4.26. The summed E-state index contributed by atoms with van der Waals surface area (Å²) in [5.74, 6) is -19.5. The molecule has 0 amide bonds. The zero-order valence-electron chi connectivity index (χ0n) is 11.8. The number of nitrogens with zero attached hydrogens (tertiary/aromatic N) is 2. The number of nitrogens with one attached hydrogen (secondary N) is 1. The summed E-state index contributed by atoms with van der Waals surface area (Å²) in [4.78, 5) is 5.45. The first-order chi connectivity index (χ1) is 11.0. The molecule has 0 aromatic carbocycles. The van der Waals surface area contributed by atoms with Crippen LogP contribution < -0.4 is 5.48 Å². The summed E-state index contributed by atoms with van der Waals surface area (Å²) in [6.07, 6.45) is -5.09. The molecule has 14 heteroatoms. The highest BCUT2D eigenvalue weighted by Crippen LogP contribution is 2.46. The Morgan fingerprint density at radius 1 is 1.08 bits per heavy atom. The van der Waals surface area contributed by atoms with Crippen LogP contribution >= 0.6 is 11.6 Å². The molecule has 0 aliphatic rings. The van der Waals surface area contributed by atoms with Crippen molar-refractivity contribution < 1.29 is 44.7 Å². The summed E-state index contributed by atoms with van der Waals surface area (Å²) in [6, 6.07) is 0.480. The largest absolute Gasteiger partial charge is 0.433 e. The van der Waals surface area contributed by atoms with Gasteiger partial charge in [0, 0.05) is 13.0 Å². The summed E-state index contributed by atoms with van der Waals surface area (Å²) < 4.78 is 117. The molecule has 0 radical (unpaired) electrons. The molecule has 1 aromatic heterocycles. The van der Waals surface area contributed by atoms with E-state index in [-0.39, 0.29) is 6.07 Å². The van der Waals surface area contributed by atoms with Crippen molar-refractivity contribution in [2.75, 3.05) is 0 Å². The standard InChI is InChI=1S/C11H7ClF9N3O/c1-8(13,14)11(20,21)9(15,16)7(24-25)22-4-2-5(10(17,18)19)23-6(12)3-4/h2-3,25H,1H3,(H,22,23,24). The van der Waals surface area contributed by atoms with Crippen molar-refractivity contribution in [2.45, 2.75) is 30.9 Å². The monoisotopic (exact) mass is 403 g/mol. The summed E-state index contributed by atoms with van der Waals surface area (Å²) in [5.41, 5.74) is -2.33. The van der Waals surface area contributed by atoms with Gasteiger partial charge in [-0.05, 0) is 6.07 Å². The van der Waals surface area contributed by atoms with Crippen molar-refractivity contribution in [3.8, 4) is 0 Å². The van der Waals surface area contributed by atoms with Crippen LogP contribution in [0.15, 0.2) is 17.1 Å². The summed E-state index contributed by atoms with van der Waals surface area (Å²) in [7, 11) is 0. The Morgan fingerprint density at radius 3 is 2.00 bits per heavy atom. The number of halogens is 10. The molecule has 0 atom stereocenters. The van der Waals surface area contributed by atoms with E-state index in [1.807, 2.05) is 0 Å². The van der Waals surface area contributed by atoms with E-state index in [4.69, 9.17) is 16.8 Å². The molecule has 0 fully saturated rings. The quantitative estimate of drug-likeness (QED) is 0.252. The van der Waals surface area contributed by atoms with E-state index in [1.165, 1.54) is 0 Å². The van der Waals surface area contributed by atoms with Gasteiger partial charge in [-0.1, -0.05) is 11.6 Å². The van der Waals surface area contributed by atoms with Crippen molar-refractivity contribution in [1.29, 1.82) is 0 Å².